The number of hydrogen-bond donors (Lipinski definition) is 0. The van der Waals surface area contributed by atoms with Gasteiger partial charge >= 0.3 is 6.09 Å². The molecule has 8 heteroatoms. The van der Waals surface area contributed by atoms with E-state index < -0.39 is 5.60 Å². The van der Waals surface area contributed by atoms with E-state index in [0.717, 1.165) is 33.7 Å². The number of amides is 1. The Morgan fingerprint density at radius 2 is 1.95 bits per heavy atom. The van der Waals surface area contributed by atoms with Crippen LogP contribution in [0.15, 0.2) is 72.8 Å². The summed E-state index contributed by atoms with van der Waals surface area (Å²) in [5.74, 6) is 2.24. The Kier molecular flexibility index (Phi) is 7.31. The van der Waals surface area contributed by atoms with Gasteiger partial charge in [-0.05, 0) is 56.3 Å². The number of ether oxygens (including phenoxy) is 4. The van der Waals surface area contributed by atoms with Crippen LogP contribution in [0.5, 0.6) is 5.75 Å². The number of carbonyl (C=O) groups is 1. The maximum Gasteiger partial charge on any atom is 0.410 e. The van der Waals surface area contributed by atoms with Gasteiger partial charge in [0.1, 0.15) is 29.2 Å². The highest BCUT2D eigenvalue weighted by Gasteiger charge is 2.41. The third kappa shape index (κ3) is 5.64. The van der Waals surface area contributed by atoms with Gasteiger partial charge in [0.15, 0.2) is 0 Å². The van der Waals surface area contributed by atoms with Crippen molar-refractivity contribution in [3.05, 3.63) is 78.4 Å². The average molecular weight is 518 g/mol. The molecule has 2 aromatic carbocycles. The second-order valence-electron chi connectivity index (χ2n) is 10.7. The van der Waals surface area contributed by atoms with Gasteiger partial charge in [-0.3, -0.25) is 0 Å². The molecule has 2 aliphatic rings. The molecule has 0 radical (unpaired) electrons. The lowest BCUT2D eigenvalue weighted by molar-refractivity contribution is 0.00339. The Labute approximate surface area is 223 Å². The molecule has 2 atom stereocenters. The molecule has 0 N–H and O–H groups in total. The Morgan fingerprint density at radius 1 is 1.13 bits per heavy atom. The second kappa shape index (κ2) is 10.8. The van der Waals surface area contributed by atoms with Crippen LogP contribution in [0.3, 0.4) is 0 Å². The van der Waals surface area contributed by atoms with Crippen LogP contribution in [0.1, 0.15) is 26.3 Å². The highest BCUT2D eigenvalue weighted by molar-refractivity contribution is 5.93. The minimum Gasteiger partial charge on any atom is -0.497 e. The lowest BCUT2D eigenvalue weighted by Crippen LogP contribution is -2.59. The molecular formula is C30H35N3O5. The molecule has 8 nitrogen and oxygen atoms in total. The molecule has 3 heterocycles. The molecule has 38 heavy (non-hydrogen) atoms. The molecule has 1 amide bonds. The number of methoxy groups -OCH3 is 1. The molecule has 200 valence electrons. The van der Waals surface area contributed by atoms with Crippen molar-refractivity contribution in [3.8, 4) is 5.75 Å². The van der Waals surface area contributed by atoms with Gasteiger partial charge in [-0.2, -0.15) is 0 Å². The number of rotatable bonds is 6. The summed E-state index contributed by atoms with van der Waals surface area (Å²) in [5.41, 5.74) is 0.552. The van der Waals surface area contributed by atoms with Gasteiger partial charge in [-0.15, -0.1) is 0 Å². The van der Waals surface area contributed by atoms with Gasteiger partial charge in [0.25, 0.3) is 0 Å². The maximum atomic E-state index is 13.5. The normalized spacial score (nSPS) is 18.4. The van der Waals surface area contributed by atoms with Crippen molar-refractivity contribution in [2.24, 2.45) is 5.92 Å². The number of piperazine rings is 1. The van der Waals surface area contributed by atoms with Crippen LogP contribution in [0.25, 0.3) is 10.8 Å². The zero-order valence-electron chi connectivity index (χ0n) is 22.4. The van der Waals surface area contributed by atoms with Gasteiger partial charge < -0.3 is 28.7 Å². The molecule has 1 saturated heterocycles. The molecule has 2 unspecified atom stereocenters. The Bertz CT molecular complexity index is 1300. The molecule has 5 rings (SSSR count). The maximum absolute atomic E-state index is 13.5. The topological polar surface area (TPSA) is 73.4 Å². The van der Waals surface area contributed by atoms with Crippen LogP contribution >= 0.6 is 0 Å². The number of carbonyl (C=O) groups excluding carboxylic acids is 1. The summed E-state index contributed by atoms with van der Waals surface area (Å²) in [6, 6.07) is 18.0. The van der Waals surface area contributed by atoms with E-state index in [1.165, 1.54) is 0 Å². The zero-order valence-corrected chi connectivity index (χ0v) is 22.4. The summed E-state index contributed by atoms with van der Waals surface area (Å²) in [5, 5.41) is 2.09. The summed E-state index contributed by atoms with van der Waals surface area (Å²) in [6.07, 6.45) is 3.87. The Morgan fingerprint density at radius 3 is 2.66 bits per heavy atom. The van der Waals surface area contributed by atoms with Gasteiger partial charge in [-0.1, -0.05) is 36.4 Å². The molecule has 1 fully saturated rings. The average Bonchev–Trinajstić information content (AvgIpc) is 3.45. The van der Waals surface area contributed by atoms with Crippen molar-refractivity contribution in [2.75, 3.05) is 38.4 Å². The SMILES string of the molecule is COc1ccc2ccnc(N3CCN(C(=O)OC(C)(C)C)C(C(Cc4ccccc4)C4=COCO4)C3)c2c1. The standard InChI is InChI=1S/C30H35N3O5/c1-30(2,3)38-29(34)33-15-14-32(28-24-17-23(35-4)11-10-22(24)12-13-31-28)18-26(33)25(27-19-36-20-37-27)16-21-8-6-5-7-9-21/h5-13,17,19,25-26H,14-16,18,20H2,1-4H3. The molecule has 0 saturated carbocycles. The fourth-order valence-electron chi connectivity index (χ4n) is 5.15. The highest BCUT2D eigenvalue weighted by atomic mass is 16.7. The van der Waals surface area contributed by atoms with E-state index in [2.05, 4.69) is 17.0 Å². The minimum atomic E-state index is -0.603. The summed E-state index contributed by atoms with van der Waals surface area (Å²) >= 11 is 0. The molecular weight excluding hydrogens is 482 g/mol. The van der Waals surface area contributed by atoms with Crippen molar-refractivity contribution >= 4 is 22.7 Å². The van der Waals surface area contributed by atoms with E-state index >= 15 is 0 Å². The number of nitrogens with zero attached hydrogens (tertiary/aromatic N) is 3. The predicted octanol–water partition coefficient (Wildman–Crippen LogP) is 5.37. The monoisotopic (exact) mass is 517 g/mol. The third-order valence-electron chi connectivity index (χ3n) is 6.92. The lowest BCUT2D eigenvalue weighted by Gasteiger charge is -2.45. The minimum absolute atomic E-state index is 0.139. The van der Waals surface area contributed by atoms with Crippen molar-refractivity contribution < 1.29 is 23.7 Å². The fourth-order valence-corrected chi connectivity index (χ4v) is 5.15. The van der Waals surface area contributed by atoms with E-state index in [4.69, 9.17) is 23.9 Å². The molecule has 0 bridgehead atoms. The lowest BCUT2D eigenvalue weighted by atomic mass is 9.88. The summed E-state index contributed by atoms with van der Waals surface area (Å²) in [7, 11) is 1.67. The molecule has 0 spiro atoms. The summed E-state index contributed by atoms with van der Waals surface area (Å²) < 4.78 is 22.8. The molecule has 1 aromatic heterocycles. The van der Waals surface area contributed by atoms with Gasteiger partial charge in [-0.25, -0.2) is 9.78 Å². The van der Waals surface area contributed by atoms with Crippen molar-refractivity contribution in [3.63, 3.8) is 0 Å². The number of hydrogen-bond acceptors (Lipinski definition) is 7. The number of benzene rings is 2. The van der Waals surface area contributed by atoms with Crippen LogP contribution < -0.4 is 9.64 Å². The van der Waals surface area contributed by atoms with Crippen molar-refractivity contribution in [1.29, 1.82) is 0 Å². The summed E-state index contributed by atoms with van der Waals surface area (Å²) in [6.45, 7) is 7.51. The van der Waals surface area contributed by atoms with E-state index in [9.17, 15) is 4.79 Å². The summed E-state index contributed by atoms with van der Waals surface area (Å²) in [4.78, 5) is 22.4. The van der Waals surface area contributed by atoms with Crippen LogP contribution in [0.2, 0.25) is 0 Å². The third-order valence-corrected chi connectivity index (χ3v) is 6.92. The second-order valence-corrected chi connectivity index (χ2v) is 10.7. The van der Waals surface area contributed by atoms with Crippen LogP contribution in [0.4, 0.5) is 10.6 Å². The van der Waals surface area contributed by atoms with E-state index in [-0.39, 0.29) is 24.8 Å². The zero-order chi connectivity index (χ0) is 26.7. The van der Waals surface area contributed by atoms with E-state index in [1.54, 1.807) is 13.4 Å². The van der Waals surface area contributed by atoms with Crippen LogP contribution in [-0.2, 0) is 20.6 Å². The first-order valence-corrected chi connectivity index (χ1v) is 13.0. The quantitative estimate of drug-likeness (QED) is 0.435. The van der Waals surface area contributed by atoms with Gasteiger partial charge in [0, 0.05) is 37.1 Å². The Hall–Kier alpha value is -3.94. The van der Waals surface area contributed by atoms with E-state index in [0.29, 0.717) is 26.1 Å². The first kappa shape index (κ1) is 25.7. The number of aromatic nitrogens is 1. The van der Waals surface area contributed by atoms with Crippen LogP contribution in [-0.4, -0.2) is 61.2 Å². The van der Waals surface area contributed by atoms with Gasteiger partial charge in [0.05, 0.1) is 13.2 Å². The first-order valence-electron chi connectivity index (χ1n) is 13.0. The predicted molar refractivity (Wildman–Crippen MR) is 146 cm³/mol. The van der Waals surface area contributed by atoms with E-state index in [1.807, 2.05) is 74.3 Å². The van der Waals surface area contributed by atoms with Crippen LogP contribution in [0, 0.1) is 5.92 Å². The molecule has 0 aliphatic carbocycles. The highest BCUT2D eigenvalue weighted by Crippen LogP contribution is 2.34. The fraction of sp³-hybridized carbons (Fsp3) is 0.400. The first-order chi connectivity index (χ1) is 18.3. The van der Waals surface area contributed by atoms with Crippen molar-refractivity contribution in [1.82, 2.24) is 9.88 Å². The largest absolute Gasteiger partial charge is 0.497 e. The van der Waals surface area contributed by atoms with Gasteiger partial charge in [0.2, 0.25) is 6.79 Å². The number of anilines is 1. The smallest absolute Gasteiger partial charge is 0.410 e. The molecule has 3 aromatic rings. The molecule has 2 aliphatic heterocycles. The number of pyridine rings is 1. The Balaban J connectivity index is 1.53. The number of fused-ring (bicyclic) bond motifs is 1. The van der Waals surface area contributed by atoms with Crippen molar-refractivity contribution in [2.45, 2.75) is 38.8 Å².